The van der Waals surface area contributed by atoms with E-state index in [0.717, 1.165) is 26.2 Å². The summed E-state index contributed by atoms with van der Waals surface area (Å²) in [4.78, 5) is 44.8. The molecule has 8 nitrogen and oxygen atoms in total. The molecule has 0 radical (unpaired) electrons. The highest BCUT2D eigenvalue weighted by atomic mass is 16.5. The number of ether oxygens (including phenoxy) is 1. The van der Waals surface area contributed by atoms with Gasteiger partial charge in [-0.05, 0) is 32.9 Å². The topological polar surface area (TPSA) is 73.4 Å². The highest BCUT2D eigenvalue weighted by Gasteiger charge is 2.25. The van der Waals surface area contributed by atoms with E-state index >= 15 is 0 Å². The van der Waals surface area contributed by atoms with Crippen LogP contribution in [-0.4, -0.2) is 98.0 Å². The van der Waals surface area contributed by atoms with Gasteiger partial charge in [-0.1, -0.05) is 18.2 Å². The maximum absolute atomic E-state index is 13.0. The van der Waals surface area contributed by atoms with Gasteiger partial charge in [-0.2, -0.15) is 0 Å². The Morgan fingerprint density at radius 2 is 1.40 bits per heavy atom. The van der Waals surface area contributed by atoms with Crippen molar-refractivity contribution in [2.24, 2.45) is 0 Å². The molecule has 1 heterocycles. The van der Waals surface area contributed by atoms with Crippen LogP contribution in [0.25, 0.3) is 0 Å². The van der Waals surface area contributed by atoms with Crippen LogP contribution in [0, 0.1) is 0 Å². The van der Waals surface area contributed by atoms with Gasteiger partial charge in [0.2, 0.25) is 11.8 Å². The Morgan fingerprint density at radius 1 is 0.867 bits per heavy atom. The largest absolute Gasteiger partial charge is 0.465 e. The second-order valence-corrected chi connectivity index (χ2v) is 7.24. The second-order valence-electron chi connectivity index (χ2n) is 7.24. The van der Waals surface area contributed by atoms with Crippen molar-refractivity contribution in [1.29, 1.82) is 0 Å². The Kier molecular flexibility index (Phi) is 9.76. The van der Waals surface area contributed by atoms with Crippen LogP contribution in [0.3, 0.4) is 0 Å². The number of benzene rings is 1. The maximum atomic E-state index is 13.0. The van der Waals surface area contributed by atoms with E-state index in [0.29, 0.717) is 25.3 Å². The molecule has 1 saturated heterocycles. The standard InChI is InChI=1S/C22H34N4O4/c1-4-25(5-2)20(27)16-23-12-14-24(15-13-23)17-21(28)26(18-22(29)30-6-3)19-10-8-7-9-11-19/h7-11H,4-6,12-18H2,1-3H3. The minimum absolute atomic E-state index is 0.102. The van der Waals surface area contributed by atoms with Crippen molar-refractivity contribution in [3.05, 3.63) is 30.3 Å². The van der Waals surface area contributed by atoms with E-state index in [-0.39, 0.29) is 31.5 Å². The molecule has 0 bridgehead atoms. The molecule has 0 N–H and O–H groups in total. The van der Waals surface area contributed by atoms with Crippen LogP contribution in [0.15, 0.2) is 30.3 Å². The van der Waals surface area contributed by atoms with Crippen LogP contribution in [0.4, 0.5) is 5.69 Å². The van der Waals surface area contributed by atoms with Crippen LogP contribution in [0.1, 0.15) is 20.8 Å². The fourth-order valence-electron chi connectivity index (χ4n) is 3.52. The lowest BCUT2D eigenvalue weighted by Gasteiger charge is -2.35. The van der Waals surface area contributed by atoms with E-state index < -0.39 is 5.97 Å². The number of carbonyl (C=O) groups is 3. The van der Waals surface area contributed by atoms with Crippen LogP contribution in [0.2, 0.25) is 0 Å². The van der Waals surface area contributed by atoms with Gasteiger partial charge in [-0.25, -0.2) is 0 Å². The van der Waals surface area contributed by atoms with Gasteiger partial charge < -0.3 is 14.5 Å². The van der Waals surface area contributed by atoms with Gasteiger partial charge in [0.1, 0.15) is 6.54 Å². The number of carbonyl (C=O) groups excluding carboxylic acids is 3. The van der Waals surface area contributed by atoms with E-state index in [9.17, 15) is 14.4 Å². The quantitative estimate of drug-likeness (QED) is 0.529. The number of para-hydroxylation sites is 1. The number of amides is 2. The van der Waals surface area contributed by atoms with E-state index in [2.05, 4.69) is 9.80 Å². The summed E-state index contributed by atoms with van der Waals surface area (Å²) < 4.78 is 5.03. The first-order valence-electron chi connectivity index (χ1n) is 10.7. The smallest absolute Gasteiger partial charge is 0.326 e. The molecular formula is C22H34N4O4. The molecule has 30 heavy (non-hydrogen) atoms. The first-order chi connectivity index (χ1) is 14.5. The van der Waals surface area contributed by atoms with Gasteiger partial charge in [-0.15, -0.1) is 0 Å². The molecule has 0 aromatic heterocycles. The molecule has 8 heteroatoms. The molecule has 1 aliphatic rings. The molecule has 0 atom stereocenters. The zero-order valence-electron chi connectivity index (χ0n) is 18.4. The average Bonchev–Trinajstić information content (AvgIpc) is 2.75. The molecule has 0 unspecified atom stereocenters. The summed E-state index contributed by atoms with van der Waals surface area (Å²) in [7, 11) is 0. The normalized spacial score (nSPS) is 14.9. The van der Waals surface area contributed by atoms with Gasteiger partial charge in [0.15, 0.2) is 0 Å². The lowest BCUT2D eigenvalue weighted by Crippen LogP contribution is -2.52. The van der Waals surface area contributed by atoms with Crippen molar-refractivity contribution >= 4 is 23.5 Å². The van der Waals surface area contributed by atoms with Crippen LogP contribution < -0.4 is 4.90 Å². The fourth-order valence-corrected chi connectivity index (χ4v) is 3.52. The Labute approximate surface area is 179 Å². The fraction of sp³-hybridized carbons (Fsp3) is 0.591. The van der Waals surface area contributed by atoms with Crippen LogP contribution in [-0.2, 0) is 19.1 Å². The SMILES string of the molecule is CCOC(=O)CN(C(=O)CN1CCN(CC(=O)N(CC)CC)CC1)c1ccccc1. The molecule has 1 aromatic rings. The van der Waals surface area contributed by atoms with Gasteiger partial charge in [0.05, 0.1) is 19.7 Å². The van der Waals surface area contributed by atoms with E-state index in [1.807, 2.05) is 49.1 Å². The number of nitrogens with zero attached hydrogens (tertiary/aromatic N) is 4. The highest BCUT2D eigenvalue weighted by Crippen LogP contribution is 2.14. The molecule has 0 aliphatic carbocycles. The summed E-state index contributed by atoms with van der Waals surface area (Å²) in [5.74, 6) is -0.412. The zero-order chi connectivity index (χ0) is 21.9. The Balaban J connectivity index is 1.90. The monoisotopic (exact) mass is 418 g/mol. The predicted octanol–water partition coefficient (Wildman–Crippen LogP) is 1.07. The Bertz CT molecular complexity index is 686. The van der Waals surface area contributed by atoms with E-state index in [1.165, 1.54) is 4.90 Å². The summed E-state index contributed by atoms with van der Waals surface area (Å²) in [5, 5.41) is 0. The summed E-state index contributed by atoms with van der Waals surface area (Å²) >= 11 is 0. The third-order valence-electron chi connectivity index (χ3n) is 5.26. The molecule has 0 spiro atoms. The second kappa shape index (κ2) is 12.3. The maximum Gasteiger partial charge on any atom is 0.326 e. The molecule has 2 rings (SSSR count). The molecule has 1 aromatic carbocycles. The van der Waals surface area contributed by atoms with Gasteiger partial charge in [0.25, 0.3) is 0 Å². The highest BCUT2D eigenvalue weighted by molar-refractivity contribution is 5.98. The molecular weight excluding hydrogens is 384 g/mol. The van der Waals surface area contributed by atoms with E-state index in [4.69, 9.17) is 4.74 Å². The van der Waals surface area contributed by atoms with E-state index in [1.54, 1.807) is 6.92 Å². The molecule has 166 valence electrons. The van der Waals surface area contributed by atoms with Gasteiger partial charge in [-0.3, -0.25) is 24.2 Å². The lowest BCUT2D eigenvalue weighted by molar-refractivity contribution is -0.142. The number of rotatable bonds is 10. The number of likely N-dealkylation sites (N-methyl/N-ethyl adjacent to an activating group) is 1. The molecule has 1 fully saturated rings. The van der Waals surface area contributed by atoms with Gasteiger partial charge >= 0.3 is 5.97 Å². The van der Waals surface area contributed by atoms with Crippen molar-refractivity contribution in [2.45, 2.75) is 20.8 Å². The minimum Gasteiger partial charge on any atom is -0.465 e. The van der Waals surface area contributed by atoms with Crippen molar-refractivity contribution < 1.29 is 19.1 Å². The van der Waals surface area contributed by atoms with Crippen molar-refractivity contribution in [1.82, 2.24) is 14.7 Å². The average molecular weight is 419 g/mol. The zero-order valence-corrected chi connectivity index (χ0v) is 18.4. The van der Waals surface area contributed by atoms with Crippen LogP contribution >= 0.6 is 0 Å². The number of piperazine rings is 1. The lowest BCUT2D eigenvalue weighted by atomic mass is 10.2. The van der Waals surface area contributed by atoms with Crippen molar-refractivity contribution in [3.63, 3.8) is 0 Å². The van der Waals surface area contributed by atoms with Gasteiger partial charge in [0, 0.05) is 45.0 Å². The molecule has 2 amide bonds. The number of hydrogen-bond donors (Lipinski definition) is 0. The molecule has 1 aliphatic heterocycles. The number of anilines is 1. The Hall–Kier alpha value is -2.45. The van der Waals surface area contributed by atoms with Crippen LogP contribution in [0.5, 0.6) is 0 Å². The summed E-state index contributed by atoms with van der Waals surface area (Å²) in [6, 6.07) is 9.18. The molecule has 0 saturated carbocycles. The summed E-state index contributed by atoms with van der Waals surface area (Å²) in [5.41, 5.74) is 0.680. The first-order valence-corrected chi connectivity index (χ1v) is 10.7. The predicted molar refractivity (Wildman–Crippen MR) is 116 cm³/mol. The number of esters is 1. The van der Waals surface area contributed by atoms with Crippen molar-refractivity contribution in [2.75, 3.05) is 70.4 Å². The summed E-state index contributed by atoms with van der Waals surface area (Å²) in [6.07, 6.45) is 0. The first kappa shape index (κ1) is 23.8. The Morgan fingerprint density at radius 3 is 1.90 bits per heavy atom. The number of hydrogen-bond acceptors (Lipinski definition) is 6. The summed E-state index contributed by atoms with van der Waals surface area (Å²) in [6.45, 7) is 10.9. The third kappa shape index (κ3) is 7.11. The van der Waals surface area contributed by atoms with Crippen molar-refractivity contribution in [3.8, 4) is 0 Å². The minimum atomic E-state index is -0.422. The third-order valence-corrected chi connectivity index (χ3v) is 5.26.